The van der Waals surface area contributed by atoms with Crippen LogP contribution in [0.15, 0.2) is 0 Å². The van der Waals surface area contributed by atoms with Crippen molar-refractivity contribution < 1.29 is 5.11 Å². The third-order valence-electron chi connectivity index (χ3n) is 0.664. The topological polar surface area (TPSA) is 32.3 Å². The highest BCUT2D eigenvalue weighted by Crippen LogP contribution is 1.84. The summed E-state index contributed by atoms with van der Waals surface area (Å²) in [5, 5.41) is 11.0. The first-order valence-corrected chi connectivity index (χ1v) is 2.59. The highest BCUT2D eigenvalue weighted by atomic mass is 16.3. The fraction of sp³-hybridized carbons (Fsp3) is 1.00. The van der Waals surface area contributed by atoms with Crippen LogP contribution in [0.4, 0.5) is 0 Å². The van der Waals surface area contributed by atoms with Gasteiger partial charge in [0.25, 0.3) is 0 Å². The first-order chi connectivity index (χ1) is 3.27. The highest BCUT2D eigenvalue weighted by molar-refractivity contribution is 4.44. The SMILES string of the molecule is CC(C)CNCO. The van der Waals surface area contributed by atoms with Crippen LogP contribution in [0.2, 0.25) is 0 Å². The first-order valence-electron chi connectivity index (χ1n) is 2.59. The molecule has 0 radical (unpaired) electrons. The molecule has 2 heteroatoms. The summed E-state index contributed by atoms with van der Waals surface area (Å²) in [7, 11) is 0. The molecule has 0 aliphatic rings. The Labute approximate surface area is 44.5 Å². The maximum atomic E-state index is 8.20. The van der Waals surface area contributed by atoms with Crippen molar-refractivity contribution in [3.8, 4) is 0 Å². The van der Waals surface area contributed by atoms with E-state index in [2.05, 4.69) is 19.2 Å². The maximum Gasteiger partial charge on any atom is 0.0931 e. The van der Waals surface area contributed by atoms with E-state index in [0.717, 1.165) is 6.54 Å². The summed E-state index contributed by atoms with van der Waals surface area (Å²) in [6.45, 7) is 5.19. The number of aliphatic hydroxyl groups is 1. The van der Waals surface area contributed by atoms with Crippen molar-refractivity contribution in [3.63, 3.8) is 0 Å². The van der Waals surface area contributed by atoms with Crippen molar-refractivity contribution in [2.45, 2.75) is 13.8 Å². The second-order valence-electron chi connectivity index (χ2n) is 2.01. The molecule has 0 fully saturated rings. The van der Waals surface area contributed by atoms with Gasteiger partial charge >= 0.3 is 0 Å². The lowest BCUT2D eigenvalue weighted by molar-refractivity contribution is 0.254. The molecular formula is C5H13NO. The van der Waals surface area contributed by atoms with E-state index in [0.29, 0.717) is 5.92 Å². The van der Waals surface area contributed by atoms with Crippen LogP contribution in [-0.2, 0) is 0 Å². The van der Waals surface area contributed by atoms with Gasteiger partial charge in [-0.15, -0.1) is 0 Å². The Morgan fingerprint density at radius 1 is 1.57 bits per heavy atom. The van der Waals surface area contributed by atoms with Crippen molar-refractivity contribution in [3.05, 3.63) is 0 Å². The summed E-state index contributed by atoms with van der Waals surface area (Å²) < 4.78 is 0. The second-order valence-corrected chi connectivity index (χ2v) is 2.01. The Morgan fingerprint density at radius 2 is 2.14 bits per heavy atom. The number of aliphatic hydroxyl groups excluding tert-OH is 1. The van der Waals surface area contributed by atoms with Crippen LogP contribution < -0.4 is 5.32 Å². The molecule has 0 spiro atoms. The molecule has 0 aromatic heterocycles. The normalized spacial score (nSPS) is 10.3. The second kappa shape index (κ2) is 4.09. The van der Waals surface area contributed by atoms with Gasteiger partial charge in [0.1, 0.15) is 0 Å². The molecule has 0 aliphatic heterocycles. The molecule has 0 saturated heterocycles. The van der Waals surface area contributed by atoms with Crippen LogP contribution in [0.25, 0.3) is 0 Å². The van der Waals surface area contributed by atoms with E-state index in [1.807, 2.05) is 0 Å². The zero-order valence-electron chi connectivity index (χ0n) is 4.94. The zero-order chi connectivity index (χ0) is 5.70. The monoisotopic (exact) mass is 103 g/mol. The van der Waals surface area contributed by atoms with Gasteiger partial charge in [-0.1, -0.05) is 13.8 Å². The molecule has 2 nitrogen and oxygen atoms in total. The van der Waals surface area contributed by atoms with Gasteiger partial charge in [0.15, 0.2) is 0 Å². The lowest BCUT2D eigenvalue weighted by Gasteiger charge is -2.01. The summed E-state index contributed by atoms with van der Waals surface area (Å²) in [6, 6.07) is 0. The van der Waals surface area contributed by atoms with Gasteiger partial charge in [0.2, 0.25) is 0 Å². The smallest absolute Gasteiger partial charge is 0.0931 e. The molecule has 0 atom stereocenters. The molecule has 0 amide bonds. The van der Waals surface area contributed by atoms with Gasteiger partial charge in [-0.3, -0.25) is 5.32 Å². The van der Waals surface area contributed by atoms with Gasteiger partial charge in [-0.25, -0.2) is 0 Å². The third-order valence-corrected chi connectivity index (χ3v) is 0.664. The van der Waals surface area contributed by atoms with Crippen LogP contribution in [0.1, 0.15) is 13.8 Å². The van der Waals surface area contributed by atoms with Crippen LogP contribution in [0, 0.1) is 5.92 Å². The van der Waals surface area contributed by atoms with Crippen molar-refractivity contribution in [1.82, 2.24) is 5.32 Å². The molecule has 0 aromatic carbocycles. The van der Waals surface area contributed by atoms with E-state index in [4.69, 9.17) is 5.11 Å². The molecule has 2 N–H and O–H groups in total. The van der Waals surface area contributed by atoms with Crippen LogP contribution in [0.3, 0.4) is 0 Å². The zero-order valence-corrected chi connectivity index (χ0v) is 4.94. The van der Waals surface area contributed by atoms with E-state index in [-0.39, 0.29) is 6.73 Å². The summed E-state index contributed by atoms with van der Waals surface area (Å²) in [6.07, 6.45) is 0. The van der Waals surface area contributed by atoms with Gasteiger partial charge < -0.3 is 5.11 Å². The van der Waals surface area contributed by atoms with Crippen LogP contribution >= 0.6 is 0 Å². The summed E-state index contributed by atoms with van der Waals surface area (Å²) in [5.74, 6) is 0.632. The summed E-state index contributed by atoms with van der Waals surface area (Å²) in [5.41, 5.74) is 0. The molecule has 0 bridgehead atoms. The molecule has 0 heterocycles. The Balaban J connectivity index is 2.68. The predicted molar refractivity (Wildman–Crippen MR) is 29.9 cm³/mol. The molecule has 0 aliphatic carbocycles. The molecule has 0 unspecified atom stereocenters. The Bertz CT molecular complexity index is 37.1. The van der Waals surface area contributed by atoms with Gasteiger partial charge in [-0.2, -0.15) is 0 Å². The standard InChI is InChI=1S/C5H13NO/c1-5(2)3-6-4-7/h5-7H,3-4H2,1-2H3. The molecule has 0 aromatic rings. The Kier molecular flexibility index (Phi) is 4.04. The van der Waals surface area contributed by atoms with Gasteiger partial charge in [0, 0.05) is 0 Å². The van der Waals surface area contributed by atoms with Crippen LogP contribution in [-0.4, -0.2) is 18.4 Å². The predicted octanol–water partition coefficient (Wildman–Crippen LogP) is 0.182. The van der Waals surface area contributed by atoms with E-state index in [1.54, 1.807) is 0 Å². The molecule has 0 rings (SSSR count). The Hall–Kier alpha value is -0.0800. The van der Waals surface area contributed by atoms with E-state index in [1.165, 1.54) is 0 Å². The number of rotatable bonds is 3. The van der Waals surface area contributed by atoms with E-state index >= 15 is 0 Å². The highest BCUT2D eigenvalue weighted by Gasteiger charge is 1.87. The minimum absolute atomic E-state index is 0.0954. The largest absolute Gasteiger partial charge is 0.381 e. The quantitative estimate of drug-likeness (QED) is 0.499. The van der Waals surface area contributed by atoms with E-state index in [9.17, 15) is 0 Å². The van der Waals surface area contributed by atoms with Crippen molar-refractivity contribution in [1.29, 1.82) is 0 Å². The molecule has 44 valence electrons. The average Bonchev–Trinajstić information content (AvgIpc) is 1.61. The molecule has 0 saturated carbocycles. The van der Waals surface area contributed by atoms with E-state index < -0.39 is 0 Å². The lowest BCUT2D eigenvalue weighted by Crippen LogP contribution is -2.19. The fourth-order valence-electron chi connectivity index (χ4n) is 0.353. The summed E-state index contributed by atoms with van der Waals surface area (Å²) in [4.78, 5) is 0. The van der Waals surface area contributed by atoms with Gasteiger partial charge in [-0.05, 0) is 12.5 Å². The third kappa shape index (κ3) is 5.92. The molecule has 7 heavy (non-hydrogen) atoms. The van der Waals surface area contributed by atoms with Gasteiger partial charge in [0.05, 0.1) is 6.73 Å². The number of hydrogen-bond acceptors (Lipinski definition) is 2. The van der Waals surface area contributed by atoms with Crippen molar-refractivity contribution in [2.24, 2.45) is 5.92 Å². The lowest BCUT2D eigenvalue weighted by atomic mass is 10.2. The van der Waals surface area contributed by atoms with Crippen molar-refractivity contribution in [2.75, 3.05) is 13.3 Å². The summed E-state index contributed by atoms with van der Waals surface area (Å²) >= 11 is 0. The minimum Gasteiger partial charge on any atom is -0.381 e. The number of nitrogens with one attached hydrogen (secondary N) is 1. The fourth-order valence-corrected chi connectivity index (χ4v) is 0.353. The average molecular weight is 103 g/mol. The minimum atomic E-state index is 0.0954. The first kappa shape index (κ1) is 6.92. The molecular weight excluding hydrogens is 90.1 g/mol. The maximum absolute atomic E-state index is 8.20. The van der Waals surface area contributed by atoms with Crippen LogP contribution in [0.5, 0.6) is 0 Å². The number of hydrogen-bond donors (Lipinski definition) is 2. The Morgan fingerprint density at radius 3 is 2.29 bits per heavy atom. The van der Waals surface area contributed by atoms with Crippen molar-refractivity contribution >= 4 is 0 Å².